The van der Waals surface area contributed by atoms with Gasteiger partial charge in [0.05, 0.1) is 12.1 Å². The molecule has 1 aromatic rings. The van der Waals surface area contributed by atoms with E-state index in [1.165, 1.54) is 0 Å². The van der Waals surface area contributed by atoms with Crippen LogP contribution in [0.2, 0.25) is 0 Å². The number of aryl methyl sites for hydroxylation is 1. The molecule has 1 aliphatic rings. The van der Waals surface area contributed by atoms with Crippen molar-refractivity contribution in [3.05, 3.63) is 11.7 Å². The summed E-state index contributed by atoms with van der Waals surface area (Å²) in [4.78, 5) is 4.08. The molecule has 6 heteroatoms. The second-order valence-electron chi connectivity index (χ2n) is 3.03. The first-order valence-corrected chi connectivity index (χ1v) is 3.97. The van der Waals surface area contributed by atoms with Crippen molar-refractivity contribution in [1.82, 2.24) is 15.5 Å². The zero-order valence-electron chi connectivity index (χ0n) is 7.23. The van der Waals surface area contributed by atoms with Crippen molar-refractivity contribution < 1.29 is 9.63 Å². The van der Waals surface area contributed by atoms with Crippen LogP contribution in [0.15, 0.2) is 4.52 Å². The predicted molar refractivity (Wildman–Crippen MR) is 47.7 cm³/mol. The molecule has 0 radical (unpaired) electrons. The summed E-state index contributed by atoms with van der Waals surface area (Å²) in [7, 11) is 0. The number of aromatic nitrogens is 2. The van der Waals surface area contributed by atoms with E-state index in [0.29, 0.717) is 24.7 Å². The van der Waals surface area contributed by atoms with E-state index in [0.717, 1.165) is 0 Å². The molecule has 1 fully saturated rings. The maximum absolute atomic E-state index is 9.22. The average molecular weight is 206 g/mol. The first kappa shape index (κ1) is 10.4. The highest BCUT2D eigenvalue weighted by Crippen LogP contribution is 2.21. The molecule has 1 saturated heterocycles. The van der Waals surface area contributed by atoms with Crippen LogP contribution in [-0.4, -0.2) is 27.9 Å². The normalized spacial score (nSPS) is 27.2. The third-order valence-corrected chi connectivity index (χ3v) is 1.95. The second-order valence-corrected chi connectivity index (χ2v) is 3.03. The van der Waals surface area contributed by atoms with Crippen molar-refractivity contribution in [2.75, 3.05) is 6.54 Å². The summed E-state index contributed by atoms with van der Waals surface area (Å²) >= 11 is 0. The van der Waals surface area contributed by atoms with Crippen LogP contribution >= 0.6 is 12.4 Å². The molecule has 0 amide bonds. The zero-order valence-corrected chi connectivity index (χ0v) is 8.04. The minimum absolute atomic E-state index is 0. The third kappa shape index (κ3) is 2.18. The third-order valence-electron chi connectivity index (χ3n) is 1.95. The molecule has 0 aromatic carbocycles. The lowest BCUT2D eigenvalue weighted by Gasteiger charge is -2.01. The molecular formula is C7H12ClN3O2. The van der Waals surface area contributed by atoms with Gasteiger partial charge in [-0.15, -0.1) is 12.4 Å². The summed E-state index contributed by atoms with van der Waals surface area (Å²) in [6, 6.07) is 0.0289. The van der Waals surface area contributed by atoms with Crippen molar-refractivity contribution in [3.8, 4) is 0 Å². The van der Waals surface area contributed by atoms with E-state index >= 15 is 0 Å². The molecule has 2 atom stereocenters. The van der Waals surface area contributed by atoms with Gasteiger partial charge < -0.3 is 14.9 Å². The van der Waals surface area contributed by atoms with Crippen LogP contribution in [0.25, 0.3) is 0 Å². The van der Waals surface area contributed by atoms with Gasteiger partial charge in [0.15, 0.2) is 5.82 Å². The highest BCUT2D eigenvalue weighted by Gasteiger charge is 2.27. The van der Waals surface area contributed by atoms with Gasteiger partial charge >= 0.3 is 0 Å². The Morgan fingerprint density at radius 1 is 1.62 bits per heavy atom. The molecule has 13 heavy (non-hydrogen) atoms. The quantitative estimate of drug-likeness (QED) is 0.685. The van der Waals surface area contributed by atoms with Gasteiger partial charge in [0.25, 0.3) is 0 Å². The van der Waals surface area contributed by atoms with Crippen LogP contribution < -0.4 is 5.32 Å². The Labute approximate surface area is 81.9 Å². The van der Waals surface area contributed by atoms with Crippen molar-refractivity contribution in [2.45, 2.75) is 25.5 Å². The highest BCUT2D eigenvalue weighted by atomic mass is 35.5. The molecule has 0 unspecified atom stereocenters. The van der Waals surface area contributed by atoms with Crippen molar-refractivity contribution >= 4 is 12.4 Å². The number of nitrogens with zero attached hydrogens (tertiary/aromatic N) is 2. The van der Waals surface area contributed by atoms with Crippen LogP contribution in [-0.2, 0) is 0 Å². The van der Waals surface area contributed by atoms with Gasteiger partial charge in [0.2, 0.25) is 5.89 Å². The van der Waals surface area contributed by atoms with E-state index in [9.17, 15) is 5.11 Å². The minimum atomic E-state index is -0.290. The summed E-state index contributed by atoms with van der Waals surface area (Å²) in [5, 5.41) is 16.0. The summed E-state index contributed by atoms with van der Waals surface area (Å²) in [6.07, 6.45) is 0.365. The lowest BCUT2D eigenvalue weighted by atomic mass is 10.2. The zero-order chi connectivity index (χ0) is 8.55. The Bertz CT molecular complexity index is 278. The van der Waals surface area contributed by atoms with Crippen LogP contribution in [0, 0.1) is 6.92 Å². The fraction of sp³-hybridized carbons (Fsp3) is 0.714. The summed E-state index contributed by atoms with van der Waals surface area (Å²) < 4.78 is 4.96. The van der Waals surface area contributed by atoms with Crippen molar-refractivity contribution in [1.29, 1.82) is 0 Å². The Balaban J connectivity index is 0.000000845. The summed E-state index contributed by atoms with van der Waals surface area (Å²) in [5.41, 5.74) is 0. The Hall–Kier alpha value is -0.650. The fourth-order valence-electron chi connectivity index (χ4n) is 1.36. The van der Waals surface area contributed by atoms with Gasteiger partial charge in [-0.25, -0.2) is 0 Å². The standard InChI is InChI=1S/C7H11N3O2.ClH/c1-4-9-7(12-10-4)6-2-5(11)3-8-6;/h5-6,8,11H,2-3H2,1H3;1H/t5-,6+;/m0./s1. The number of hydrogen-bond acceptors (Lipinski definition) is 5. The first-order valence-electron chi connectivity index (χ1n) is 3.97. The van der Waals surface area contributed by atoms with E-state index in [2.05, 4.69) is 15.5 Å². The van der Waals surface area contributed by atoms with Gasteiger partial charge in [-0.05, 0) is 13.3 Å². The average Bonchev–Trinajstić information content (AvgIpc) is 2.58. The predicted octanol–water partition coefficient (Wildman–Crippen LogP) is 0.195. The number of nitrogens with one attached hydrogen (secondary N) is 1. The van der Waals surface area contributed by atoms with Gasteiger partial charge in [-0.3, -0.25) is 0 Å². The Morgan fingerprint density at radius 3 is 2.85 bits per heavy atom. The van der Waals surface area contributed by atoms with Crippen molar-refractivity contribution in [3.63, 3.8) is 0 Å². The first-order chi connectivity index (χ1) is 5.75. The molecule has 0 spiro atoms. The molecule has 2 heterocycles. The van der Waals surface area contributed by atoms with E-state index in [1.54, 1.807) is 6.92 Å². The molecule has 74 valence electrons. The lowest BCUT2D eigenvalue weighted by Crippen LogP contribution is -2.15. The monoisotopic (exact) mass is 205 g/mol. The number of hydrogen-bond donors (Lipinski definition) is 2. The fourth-order valence-corrected chi connectivity index (χ4v) is 1.36. The van der Waals surface area contributed by atoms with Crippen LogP contribution in [0.5, 0.6) is 0 Å². The van der Waals surface area contributed by atoms with Gasteiger partial charge in [-0.2, -0.15) is 4.98 Å². The molecule has 1 aliphatic heterocycles. The van der Waals surface area contributed by atoms with Gasteiger partial charge in [0, 0.05) is 6.54 Å². The summed E-state index contributed by atoms with van der Waals surface area (Å²) in [6.45, 7) is 2.38. The Kier molecular flexibility index (Phi) is 3.24. The molecule has 1 aromatic heterocycles. The van der Waals surface area contributed by atoms with Crippen molar-refractivity contribution in [2.24, 2.45) is 0 Å². The minimum Gasteiger partial charge on any atom is -0.392 e. The number of halogens is 1. The topological polar surface area (TPSA) is 71.2 Å². The smallest absolute Gasteiger partial charge is 0.243 e. The van der Waals surface area contributed by atoms with Gasteiger partial charge in [0.1, 0.15) is 0 Å². The largest absolute Gasteiger partial charge is 0.392 e. The molecular weight excluding hydrogens is 194 g/mol. The van der Waals surface area contributed by atoms with Crippen LogP contribution in [0.4, 0.5) is 0 Å². The molecule has 0 saturated carbocycles. The summed E-state index contributed by atoms with van der Waals surface area (Å²) in [5.74, 6) is 1.21. The molecule has 2 rings (SSSR count). The van der Waals surface area contributed by atoms with E-state index < -0.39 is 0 Å². The maximum atomic E-state index is 9.22. The van der Waals surface area contributed by atoms with E-state index in [1.807, 2.05) is 0 Å². The Morgan fingerprint density at radius 2 is 2.38 bits per heavy atom. The lowest BCUT2D eigenvalue weighted by molar-refractivity contribution is 0.191. The highest BCUT2D eigenvalue weighted by molar-refractivity contribution is 5.85. The number of aliphatic hydroxyl groups is 1. The molecule has 0 aliphatic carbocycles. The van der Waals surface area contributed by atoms with Crippen LogP contribution in [0.1, 0.15) is 24.2 Å². The van der Waals surface area contributed by atoms with Gasteiger partial charge in [-0.1, -0.05) is 5.16 Å². The van der Waals surface area contributed by atoms with E-state index in [-0.39, 0.29) is 24.6 Å². The van der Waals surface area contributed by atoms with E-state index in [4.69, 9.17) is 4.52 Å². The maximum Gasteiger partial charge on any atom is 0.243 e. The van der Waals surface area contributed by atoms with Crippen LogP contribution in [0.3, 0.4) is 0 Å². The number of aliphatic hydroxyl groups excluding tert-OH is 1. The molecule has 5 nitrogen and oxygen atoms in total. The number of β-amino-alcohol motifs (C(OH)–C–C–N with tert-alkyl or cyclic N) is 1. The SMILES string of the molecule is Cc1noc([C@H]2C[C@H](O)CN2)n1.Cl. The molecule has 2 N–H and O–H groups in total. The molecule has 0 bridgehead atoms. The number of rotatable bonds is 1. The second kappa shape index (κ2) is 4.04.